The third-order valence-electron chi connectivity index (χ3n) is 4.26. The molecule has 0 saturated heterocycles. The van der Waals surface area contributed by atoms with Gasteiger partial charge in [-0.05, 0) is 44.4 Å². The number of carbonyl (C=O) groups excluding carboxylic acids is 1. The van der Waals surface area contributed by atoms with Gasteiger partial charge in [0.05, 0.1) is 23.1 Å². The van der Waals surface area contributed by atoms with Crippen molar-refractivity contribution >= 4 is 5.91 Å². The summed E-state index contributed by atoms with van der Waals surface area (Å²) in [5.41, 5.74) is 8.37. The molecule has 122 valence electrons. The van der Waals surface area contributed by atoms with Gasteiger partial charge in [-0.2, -0.15) is 5.10 Å². The van der Waals surface area contributed by atoms with Gasteiger partial charge in [0.15, 0.2) is 0 Å². The molecule has 4 N–H and O–H groups in total. The summed E-state index contributed by atoms with van der Waals surface area (Å²) in [5, 5.41) is 17.4. The number of nitrogens with zero attached hydrogens (tertiary/aromatic N) is 3. The highest BCUT2D eigenvalue weighted by atomic mass is 16.3. The maximum Gasteiger partial charge on any atom is 0.252 e. The van der Waals surface area contributed by atoms with Crippen molar-refractivity contribution in [1.82, 2.24) is 20.1 Å². The first kappa shape index (κ1) is 15.5. The molecule has 0 unspecified atom stereocenters. The summed E-state index contributed by atoms with van der Waals surface area (Å²) in [7, 11) is 0. The van der Waals surface area contributed by atoms with Crippen LogP contribution in [-0.2, 0) is 19.5 Å². The molecule has 3 rings (SSSR count). The molecule has 0 aliphatic carbocycles. The van der Waals surface area contributed by atoms with Crippen molar-refractivity contribution in [2.24, 2.45) is 11.7 Å². The van der Waals surface area contributed by atoms with Crippen molar-refractivity contribution < 1.29 is 9.90 Å². The number of rotatable bonds is 5. The molecule has 0 saturated carbocycles. The van der Waals surface area contributed by atoms with Gasteiger partial charge in [0, 0.05) is 18.8 Å². The summed E-state index contributed by atoms with van der Waals surface area (Å²) in [5.74, 6) is 0.193. The van der Waals surface area contributed by atoms with Crippen molar-refractivity contribution in [2.45, 2.75) is 32.9 Å². The zero-order valence-electron chi connectivity index (χ0n) is 13.1. The molecule has 1 aliphatic heterocycles. The molecular weight excluding hydrogens is 294 g/mol. The quantitative estimate of drug-likeness (QED) is 0.754. The minimum atomic E-state index is -0.422. The van der Waals surface area contributed by atoms with Crippen LogP contribution < -0.4 is 11.1 Å². The minimum Gasteiger partial charge on any atom is -0.506 e. The van der Waals surface area contributed by atoms with Crippen LogP contribution in [0.3, 0.4) is 0 Å². The van der Waals surface area contributed by atoms with Crippen LogP contribution >= 0.6 is 0 Å². The summed E-state index contributed by atoms with van der Waals surface area (Å²) in [4.78, 5) is 15.8. The van der Waals surface area contributed by atoms with E-state index in [2.05, 4.69) is 15.4 Å². The van der Waals surface area contributed by atoms with Crippen molar-refractivity contribution in [2.75, 3.05) is 6.54 Å². The maximum absolute atomic E-state index is 11.4. The number of amides is 1. The number of nitrogens with one attached hydrogen (secondary N) is 1. The van der Waals surface area contributed by atoms with E-state index in [4.69, 9.17) is 5.73 Å². The number of fused-ring (bicyclic) bond motifs is 1. The number of aryl methyl sites for hydroxylation is 2. The Morgan fingerprint density at radius 3 is 3.13 bits per heavy atom. The Labute approximate surface area is 134 Å². The molecule has 0 aromatic carbocycles. The first-order chi connectivity index (χ1) is 11.0. The highest BCUT2D eigenvalue weighted by molar-refractivity contribution is 5.93. The Hall–Kier alpha value is -2.41. The zero-order valence-corrected chi connectivity index (χ0v) is 13.1. The van der Waals surface area contributed by atoms with E-state index in [1.54, 1.807) is 18.3 Å². The highest BCUT2D eigenvalue weighted by Gasteiger charge is 2.24. The van der Waals surface area contributed by atoms with Gasteiger partial charge in [-0.25, -0.2) is 0 Å². The molecule has 1 aliphatic rings. The maximum atomic E-state index is 11.4. The molecule has 7 heteroatoms. The van der Waals surface area contributed by atoms with Crippen LogP contribution in [-0.4, -0.2) is 32.3 Å². The van der Waals surface area contributed by atoms with Crippen molar-refractivity contribution in [3.63, 3.8) is 0 Å². The van der Waals surface area contributed by atoms with Gasteiger partial charge < -0.3 is 16.2 Å². The van der Waals surface area contributed by atoms with Crippen LogP contribution in [0, 0.1) is 12.8 Å². The average Bonchev–Trinajstić information content (AvgIpc) is 2.94. The third-order valence-corrected chi connectivity index (χ3v) is 4.26. The summed E-state index contributed by atoms with van der Waals surface area (Å²) < 4.78 is 1.87. The molecule has 1 amide bonds. The fourth-order valence-electron chi connectivity index (χ4n) is 3.01. The van der Waals surface area contributed by atoms with E-state index >= 15 is 0 Å². The monoisotopic (exact) mass is 315 g/mol. The van der Waals surface area contributed by atoms with Crippen LogP contribution in [0.1, 0.15) is 33.9 Å². The number of hydrogen-bond donors (Lipinski definition) is 3. The molecule has 23 heavy (non-hydrogen) atoms. The van der Waals surface area contributed by atoms with E-state index in [0.717, 1.165) is 37.3 Å². The van der Waals surface area contributed by atoms with Crippen molar-refractivity contribution in [3.05, 3.63) is 41.0 Å². The summed E-state index contributed by atoms with van der Waals surface area (Å²) in [6.07, 6.45) is 3.33. The fraction of sp³-hybridized carbons (Fsp3) is 0.438. The average molecular weight is 315 g/mol. The van der Waals surface area contributed by atoms with E-state index in [1.807, 2.05) is 11.6 Å². The number of aromatic hydroxyl groups is 1. The topological polar surface area (TPSA) is 106 Å². The normalized spacial score (nSPS) is 17.0. The summed E-state index contributed by atoms with van der Waals surface area (Å²) in [6, 6.07) is 3.45. The van der Waals surface area contributed by atoms with Gasteiger partial charge in [-0.15, -0.1) is 0 Å². The smallest absolute Gasteiger partial charge is 0.252 e. The molecule has 0 fully saturated rings. The Bertz CT molecular complexity index is 725. The number of nitrogens with two attached hydrogens (primary N) is 1. The van der Waals surface area contributed by atoms with Gasteiger partial charge >= 0.3 is 0 Å². The molecular formula is C16H21N5O2. The number of pyridine rings is 1. The molecule has 2 aromatic heterocycles. The molecule has 7 nitrogen and oxygen atoms in total. The highest BCUT2D eigenvalue weighted by Crippen LogP contribution is 2.22. The largest absolute Gasteiger partial charge is 0.506 e. The van der Waals surface area contributed by atoms with Crippen molar-refractivity contribution in [3.8, 4) is 5.75 Å². The fourth-order valence-corrected chi connectivity index (χ4v) is 3.01. The van der Waals surface area contributed by atoms with Crippen LogP contribution in [0.4, 0.5) is 0 Å². The Balaban J connectivity index is 1.58. The summed E-state index contributed by atoms with van der Waals surface area (Å²) >= 11 is 0. The summed E-state index contributed by atoms with van der Waals surface area (Å²) in [6.45, 7) is 4.00. The predicted molar refractivity (Wildman–Crippen MR) is 84.9 cm³/mol. The van der Waals surface area contributed by atoms with E-state index in [9.17, 15) is 9.90 Å². The number of primary amides is 1. The lowest BCUT2D eigenvalue weighted by atomic mass is 9.94. The molecule has 0 radical (unpaired) electrons. The van der Waals surface area contributed by atoms with Crippen LogP contribution in [0.2, 0.25) is 0 Å². The predicted octanol–water partition coefficient (Wildman–Crippen LogP) is 0.743. The second kappa shape index (κ2) is 6.37. The molecule has 2 aromatic rings. The molecule has 0 spiro atoms. The second-order valence-corrected chi connectivity index (χ2v) is 6.00. The number of hydrogen-bond acceptors (Lipinski definition) is 5. The minimum absolute atomic E-state index is 0.209. The van der Waals surface area contributed by atoms with Crippen LogP contribution in [0.15, 0.2) is 18.3 Å². The van der Waals surface area contributed by atoms with Gasteiger partial charge in [0.1, 0.15) is 5.75 Å². The second-order valence-electron chi connectivity index (χ2n) is 6.00. The third kappa shape index (κ3) is 3.34. The van der Waals surface area contributed by atoms with Gasteiger partial charge in [0.2, 0.25) is 0 Å². The van der Waals surface area contributed by atoms with E-state index in [1.165, 1.54) is 0 Å². The number of carbonyl (C=O) groups is 1. The van der Waals surface area contributed by atoms with Crippen molar-refractivity contribution in [1.29, 1.82) is 0 Å². The lowest BCUT2D eigenvalue weighted by Gasteiger charge is -2.24. The first-order valence-corrected chi connectivity index (χ1v) is 7.75. The molecule has 3 heterocycles. The SMILES string of the molecule is Cc1ccc(O)c(CNC[C@H]2CCn3ncc(C(N)=O)c3C2)n1. The Kier molecular flexibility index (Phi) is 4.29. The van der Waals surface area contributed by atoms with Gasteiger partial charge in [-0.3, -0.25) is 14.5 Å². The Morgan fingerprint density at radius 2 is 2.35 bits per heavy atom. The first-order valence-electron chi connectivity index (χ1n) is 7.75. The van der Waals surface area contributed by atoms with E-state index < -0.39 is 5.91 Å². The van der Waals surface area contributed by atoms with E-state index in [-0.39, 0.29) is 5.75 Å². The van der Waals surface area contributed by atoms with Gasteiger partial charge in [0.25, 0.3) is 5.91 Å². The number of aromatic nitrogens is 3. The van der Waals surface area contributed by atoms with E-state index in [0.29, 0.717) is 23.7 Å². The lowest BCUT2D eigenvalue weighted by Crippen LogP contribution is -2.30. The van der Waals surface area contributed by atoms with Gasteiger partial charge in [-0.1, -0.05) is 0 Å². The zero-order chi connectivity index (χ0) is 16.4. The lowest BCUT2D eigenvalue weighted by molar-refractivity contribution is 0.0998. The molecule has 1 atom stereocenters. The standard InChI is InChI=1S/C16H21N5O2/c1-10-2-3-15(22)13(20-10)9-18-7-11-4-5-21-14(6-11)12(8-19-21)16(17)23/h2-3,8,11,18,22H,4-7,9H2,1H3,(H2,17,23)/t11-/m0/s1. The Morgan fingerprint density at radius 1 is 1.52 bits per heavy atom. The van der Waals surface area contributed by atoms with Crippen LogP contribution in [0.5, 0.6) is 5.75 Å². The van der Waals surface area contributed by atoms with Crippen LogP contribution in [0.25, 0.3) is 0 Å². The molecule has 0 bridgehead atoms.